The van der Waals surface area contributed by atoms with E-state index in [9.17, 15) is 9.36 Å². The highest BCUT2D eigenvalue weighted by Gasteiger charge is 2.15. The Morgan fingerprint density at radius 1 is 1.35 bits per heavy atom. The lowest BCUT2D eigenvalue weighted by Crippen LogP contribution is -2.32. The molecule has 0 aromatic heterocycles. The quantitative estimate of drug-likeness (QED) is 0.381. The molecule has 0 heterocycles. The van der Waals surface area contributed by atoms with E-state index in [-0.39, 0.29) is 25.3 Å². The molecule has 0 fully saturated rings. The monoisotopic (exact) mass is 265 g/mol. The molecule has 0 rings (SSSR count). The minimum absolute atomic E-state index is 0.00463. The van der Waals surface area contributed by atoms with Crippen LogP contribution in [0.15, 0.2) is 12.2 Å². The van der Waals surface area contributed by atoms with Gasteiger partial charge in [0.15, 0.2) is 0 Å². The van der Waals surface area contributed by atoms with Crippen LogP contribution < -0.4 is 0 Å². The third-order valence-corrected chi connectivity index (χ3v) is 2.92. The Labute approximate surface area is 101 Å². The van der Waals surface area contributed by atoms with Gasteiger partial charge in [0.25, 0.3) is 5.91 Å². The normalized spacial score (nSPS) is 11.3. The second-order valence-corrected chi connectivity index (χ2v) is 5.30. The molecule has 0 atom stereocenters. The molecule has 0 saturated carbocycles. The molecule has 2 N–H and O–H groups in total. The van der Waals surface area contributed by atoms with Gasteiger partial charge in [-0.05, 0) is 13.8 Å². The number of hydrogen-bond acceptors (Lipinski definition) is 3. The number of likely N-dealkylation sites (N-methyl/N-ethyl adjacent to an activating group) is 1. The Kier molecular flexibility index (Phi) is 7.30. The average Bonchev–Trinajstić information content (AvgIpc) is 2.24. The van der Waals surface area contributed by atoms with Crippen molar-refractivity contribution in [2.24, 2.45) is 0 Å². The molecular weight excluding hydrogens is 245 g/mol. The number of ether oxygens (including phenoxy) is 1. The van der Waals surface area contributed by atoms with Crippen LogP contribution in [0, 0.1) is 0 Å². The van der Waals surface area contributed by atoms with Crippen LogP contribution in [0.3, 0.4) is 0 Å². The third kappa shape index (κ3) is 7.28. The SMILES string of the molecule is C=C(COCCP(=O)(O)O)C(=O)N(CC)CC. The Hall–Kier alpha value is -0.680. The van der Waals surface area contributed by atoms with E-state index in [1.54, 1.807) is 4.90 Å². The van der Waals surface area contributed by atoms with Crippen molar-refractivity contribution in [3.63, 3.8) is 0 Å². The number of carbonyl (C=O) groups is 1. The maximum atomic E-state index is 11.7. The summed E-state index contributed by atoms with van der Waals surface area (Å²) in [6, 6.07) is 0. The van der Waals surface area contributed by atoms with Crippen LogP contribution in [-0.4, -0.2) is 53.1 Å². The summed E-state index contributed by atoms with van der Waals surface area (Å²) in [7, 11) is -4.03. The van der Waals surface area contributed by atoms with Crippen LogP contribution in [0.2, 0.25) is 0 Å². The van der Waals surface area contributed by atoms with E-state index in [2.05, 4.69) is 6.58 Å². The van der Waals surface area contributed by atoms with Gasteiger partial charge < -0.3 is 19.4 Å². The van der Waals surface area contributed by atoms with Crippen LogP contribution in [0.5, 0.6) is 0 Å². The largest absolute Gasteiger partial charge is 0.376 e. The third-order valence-electron chi connectivity index (χ3n) is 2.16. The molecule has 6 nitrogen and oxygen atoms in total. The van der Waals surface area contributed by atoms with Crippen molar-refractivity contribution in [3.05, 3.63) is 12.2 Å². The fourth-order valence-electron chi connectivity index (χ4n) is 1.18. The van der Waals surface area contributed by atoms with E-state index in [0.29, 0.717) is 18.7 Å². The molecule has 0 unspecified atom stereocenters. The Morgan fingerprint density at radius 2 is 1.88 bits per heavy atom. The molecule has 0 aliphatic rings. The lowest BCUT2D eigenvalue weighted by atomic mass is 10.3. The second kappa shape index (κ2) is 7.61. The first-order valence-electron chi connectivity index (χ1n) is 5.41. The fraction of sp³-hybridized carbons (Fsp3) is 0.700. The topological polar surface area (TPSA) is 87.1 Å². The van der Waals surface area contributed by atoms with Crippen molar-refractivity contribution >= 4 is 13.5 Å². The molecule has 7 heteroatoms. The van der Waals surface area contributed by atoms with Crippen molar-refractivity contribution in [1.29, 1.82) is 0 Å². The summed E-state index contributed by atoms with van der Waals surface area (Å²) in [5, 5.41) is 0. The predicted molar refractivity (Wildman–Crippen MR) is 64.8 cm³/mol. The molecule has 0 saturated heterocycles. The van der Waals surface area contributed by atoms with Gasteiger partial charge in [0.05, 0.1) is 19.4 Å². The van der Waals surface area contributed by atoms with Crippen LogP contribution >= 0.6 is 7.60 Å². The zero-order valence-corrected chi connectivity index (χ0v) is 11.2. The molecular formula is C10H20NO5P. The van der Waals surface area contributed by atoms with Gasteiger partial charge >= 0.3 is 7.60 Å². The second-order valence-electron chi connectivity index (χ2n) is 3.52. The highest BCUT2D eigenvalue weighted by atomic mass is 31.2. The number of carbonyl (C=O) groups excluding carboxylic acids is 1. The van der Waals surface area contributed by atoms with E-state index in [1.807, 2.05) is 13.8 Å². The molecule has 0 bridgehead atoms. The Bertz CT molecular complexity index is 308. The first kappa shape index (κ1) is 16.3. The van der Waals surface area contributed by atoms with E-state index in [0.717, 1.165) is 0 Å². The van der Waals surface area contributed by atoms with Crippen LogP contribution in [-0.2, 0) is 14.1 Å². The van der Waals surface area contributed by atoms with Crippen molar-refractivity contribution in [3.8, 4) is 0 Å². The average molecular weight is 265 g/mol. The molecule has 100 valence electrons. The summed E-state index contributed by atoms with van der Waals surface area (Å²) in [6.07, 6.45) is -0.347. The van der Waals surface area contributed by atoms with Crippen LogP contribution in [0.4, 0.5) is 0 Å². The minimum Gasteiger partial charge on any atom is -0.376 e. The summed E-state index contributed by atoms with van der Waals surface area (Å²) < 4.78 is 15.5. The smallest absolute Gasteiger partial charge is 0.327 e. The van der Waals surface area contributed by atoms with Gasteiger partial charge in [0.1, 0.15) is 0 Å². The van der Waals surface area contributed by atoms with Gasteiger partial charge in [-0.3, -0.25) is 9.36 Å². The Balaban J connectivity index is 3.94. The van der Waals surface area contributed by atoms with E-state index < -0.39 is 7.60 Å². The van der Waals surface area contributed by atoms with Gasteiger partial charge in [-0.15, -0.1) is 0 Å². The zero-order valence-electron chi connectivity index (χ0n) is 10.3. The lowest BCUT2D eigenvalue weighted by Gasteiger charge is -2.19. The highest BCUT2D eigenvalue weighted by Crippen LogP contribution is 2.33. The molecule has 17 heavy (non-hydrogen) atoms. The molecule has 0 aliphatic carbocycles. The molecule has 1 amide bonds. The van der Waals surface area contributed by atoms with Crippen molar-refractivity contribution < 1.29 is 23.9 Å². The van der Waals surface area contributed by atoms with Crippen LogP contribution in [0.1, 0.15) is 13.8 Å². The van der Waals surface area contributed by atoms with Crippen LogP contribution in [0.25, 0.3) is 0 Å². The number of hydrogen-bond donors (Lipinski definition) is 2. The Morgan fingerprint density at radius 3 is 2.29 bits per heavy atom. The highest BCUT2D eigenvalue weighted by molar-refractivity contribution is 7.51. The van der Waals surface area contributed by atoms with Gasteiger partial charge in [-0.1, -0.05) is 6.58 Å². The van der Waals surface area contributed by atoms with Gasteiger partial charge in [0.2, 0.25) is 0 Å². The van der Waals surface area contributed by atoms with Crippen molar-refractivity contribution in [2.45, 2.75) is 13.8 Å². The zero-order chi connectivity index (χ0) is 13.5. The van der Waals surface area contributed by atoms with Gasteiger partial charge in [0, 0.05) is 18.7 Å². The molecule has 0 spiro atoms. The van der Waals surface area contributed by atoms with E-state index in [1.165, 1.54) is 0 Å². The van der Waals surface area contributed by atoms with Gasteiger partial charge in [-0.2, -0.15) is 0 Å². The number of nitrogens with zero attached hydrogens (tertiary/aromatic N) is 1. The summed E-state index contributed by atoms with van der Waals surface area (Å²) in [6.45, 7) is 8.42. The molecule has 0 aromatic rings. The first-order chi connectivity index (χ1) is 7.81. The van der Waals surface area contributed by atoms with Crippen molar-refractivity contribution in [1.82, 2.24) is 4.90 Å². The first-order valence-corrected chi connectivity index (χ1v) is 7.21. The standard InChI is InChI=1S/C10H20NO5P/c1-4-11(5-2)10(12)9(3)8-16-6-7-17(13,14)15/h3-8H2,1-2H3,(H2,13,14,15). The summed E-state index contributed by atoms with van der Waals surface area (Å²) in [5.74, 6) is -0.189. The van der Waals surface area contributed by atoms with Crippen molar-refractivity contribution in [2.75, 3.05) is 32.5 Å². The van der Waals surface area contributed by atoms with Gasteiger partial charge in [-0.25, -0.2) is 0 Å². The molecule has 0 aliphatic heterocycles. The number of amides is 1. The number of rotatable bonds is 8. The lowest BCUT2D eigenvalue weighted by molar-refractivity contribution is -0.127. The summed E-state index contributed by atoms with van der Waals surface area (Å²) in [5.41, 5.74) is 0.291. The maximum Gasteiger partial charge on any atom is 0.327 e. The molecule has 0 radical (unpaired) electrons. The summed E-state index contributed by atoms with van der Waals surface area (Å²) in [4.78, 5) is 30.5. The molecule has 0 aromatic carbocycles. The minimum atomic E-state index is -4.03. The fourth-order valence-corrected chi connectivity index (χ4v) is 1.54. The van der Waals surface area contributed by atoms with E-state index in [4.69, 9.17) is 14.5 Å². The maximum absolute atomic E-state index is 11.7. The summed E-state index contributed by atoms with van der Waals surface area (Å²) >= 11 is 0. The predicted octanol–water partition coefficient (Wildman–Crippen LogP) is 0.605. The van der Waals surface area contributed by atoms with E-state index >= 15 is 0 Å².